The molecule has 0 heterocycles. The first kappa shape index (κ1) is 13.2. The molecule has 0 aromatic heterocycles. The Morgan fingerprint density at radius 3 is 2.21 bits per heavy atom. The predicted octanol–water partition coefficient (Wildman–Crippen LogP) is 4.89. The lowest BCUT2D eigenvalue weighted by Gasteiger charge is -2.07. The summed E-state index contributed by atoms with van der Waals surface area (Å²) in [6.07, 6.45) is 17.0. The minimum Gasteiger partial charge on any atom is -0.103 e. The van der Waals surface area contributed by atoms with Gasteiger partial charge in [0.25, 0.3) is 0 Å². The molecule has 1 atom stereocenters. The molecular formula is C14H24. The summed E-state index contributed by atoms with van der Waals surface area (Å²) in [5.41, 5.74) is 0. The first-order valence-electron chi connectivity index (χ1n) is 5.77. The molecule has 0 nitrogen and oxygen atoms in total. The van der Waals surface area contributed by atoms with Crippen molar-refractivity contribution in [1.82, 2.24) is 0 Å². The zero-order chi connectivity index (χ0) is 10.6. The summed E-state index contributed by atoms with van der Waals surface area (Å²) in [6, 6.07) is 0. The third-order valence-corrected chi connectivity index (χ3v) is 2.28. The van der Waals surface area contributed by atoms with E-state index in [2.05, 4.69) is 50.8 Å². The van der Waals surface area contributed by atoms with E-state index in [9.17, 15) is 0 Å². The summed E-state index contributed by atoms with van der Waals surface area (Å²) in [5, 5.41) is 0. The van der Waals surface area contributed by atoms with Crippen molar-refractivity contribution in [1.29, 1.82) is 0 Å². The third kappa shape index (κ3) is 7.85. The van der Waals surface area contributed by atoms with Gasteiger partial charge in [0.15, 0.2) is 0 Å². The van der Waals surface area contributed by atoms with Gasteiger partial charge in [-0.15, -0.1) is 6.58 Å². The fraction of sp³-hybridized carbons (Fsp3) is 0.571. The molecular weight excluding hydrogens is 168 g/mol. The Kier molecular flexibility index (Phi) is 9.73. The van der Waals surface area contributed by atoms with Gasteiger partial charge in [-0.1, -0.05) is 44.2 Å². The maximum atomic E-state index is 3.88. The third-order valence-electron chi connectivity index (χ3n) is 2.28. The van der Waals surface area contributed by atoms with Gasteiger partial charge < -0.3 is 0 Å². The highest BCUT2D eigenvalue weighted by atomic mass is 14.0. The van der Waals surface area contributed by atoms with Gasteiger partial charge in [0.1, 0.15) is 0 Å². The van der Waals surface area contributed by atoms with Crippen LogP contribution in [0.4, 0.5) is 0 Å². The predicted molar refractivity (Wildman–Crippen MR) is 66.4 cm³/mol. The van der Waals surface area contributed by atoms with Crippen molar-refractivity contribution < 1.29 is 0 Å². The maximum absolute atomic E-state index is 3.88. The largest absolute Gasteiger partial charge is 0.103 e. The van der Waals surface area contributed by atoms with Crippen molar-refractivity contribution in [3.05, 3.63) is 37.0 Å². The van der Waals surface area contributed by atoms with E-state index in [0.717, 1.165) is 19.3 Å². The Balaban J connectivity index is 3.62. The van der Waals surface area contributed by atoms with Gasteiger partial charge in [-0.25, -0.2) is 0 Å². The van der Waals surface area contributed by atoms with Gasteiger partial charge in [-0.05, 0) is 38.0 Å². The minimum absolute atomic E-state index is 0.652. The zero-order valence-electron chi connectivity index (χ0n) is 9.71. The van der Waals surface area contributed by atoms with E-state index in [4.69, 9.17) is 0 Å². The van der Waals surface area contributed by atoms with E-state index in [0.29, 0.717) is 5.92 Å². The SMILES string of the molecule is C=CC(C/C=C\CC)CC/C=C\CC. The van der Waals surface area contributed by atoms with E-state index < -0.39 is 0 Å². The van der Waals surface area contributed by atoms with Gasteiger partial charge in [-0.3, -0.25) is 0 Å². The van der Waals surface area contributed by atoms with Gasteiger partial charge in [0.05, 0.1) is 0 Å². The van der Waals surface area contributed by atoms with Crippen LogP contribution in [-0.4, -0.2) is 0 Å². The van der Waals surface area contributed by atoms with Crippen LogP contribution in [0.5, 0.6) is 0 Å². The molecule has 14 heavy (non-hydrogen) atoms. The van der Waals surface area contributed by atoms with Crippen molar-refractivity contribution in [2.24, 2.45) is 5.92 Å². The summed E-state index contributed by atoms with van der Waals surface area (Å²) in [6.45, 7) is 8.22. The molecule has 0 aromatic carbocycles. The van der Waals surface area contributed by atoms with Crippen LogP contribution < -0.4 is 0 Å². The van der Waals surface area contributed by atoms with Crippen molar-refractivity contribution in [2.75, 3.05) is 0 Å². The van der Waals surface area contributed by atoms with E-state index in [1.54, 1.807) is 0 Å². The molecule has 0 aromatic rings. The van der Waals surface area contributed by atoms with Gasteiger partial charge in [-0.2, -0.15) is 0 Å². The first-order chi connectivity index (χ1) is 6.85. The number of hydrogen-bond acceptors (Lipinski definition) is 0. The first-order valence-corrected chi connectivity index (χ1v) is 5.77. The smallest absolute Gasteiger partial charge is 0.0199 e. The fourth-order valence-electron chi connectivity index (χ4n) is 1.36. The minimum atomic E-state index is 0.652. The van der Waals surface area contributed by atoms with Crippen LogP contribution in [0.2, 0.25) is 0 Å². The second-order valence-electron chi connectivity index (χ2n) is 3.57. The van der Waals surface area contributed by atoms with E-state index in [1.807, 2.05) is 0 Å². The lowest BCUT2D eigenvalue weighted by molar-refractivity contribution is 0.607. The fourth-order valence-corrected chi connectivity index (χ4v) is 1.36. The molecule has 0 saturated heterocycles. The van der Waals surface area contributed by atoms with Crippen LogP contribution in [0.15, 0.2) is 37.0 Å². The maximum Gasteiger partial charge on any atom is -0.0199 e. The van der Waals surface area contributed by atoms with Crippen molar-refractivity contribution in [2.45, 2.75) is 46.0 Å². The van der Waals surface area contributed by atoms with Gasteiger partial charge in [0, 0.05) is 0 Å². The summed E-state index contributed by atoms with van der Waals surface area (Å²) in [7, 11) is 0. The molecule has 0 aliphatic heterocycles. The Hall–Kier alpha value is -0.780. The topological polar surface area (TPSA) is 0 Å². The molecule has 0 heteroatoms. The van der Waals surface area contributed by atoms with Gasteiger partial charge >= 0.3 is 0 Å². The van der Waals surface area contributed by atoms with Crippen LogP contribution in [0.3, 0.4) is 0 Å². The van der Waals surface area contributed by atoms with Crippen LogP contribution in [0.25, 0.3) is 0 Å². The molecule has 0 spiro atoms. The van der Waals surface area contributed by atoms with Crippen molar-refractivity contribution in [3.63, 3.8) is 0 Å². The van der Waals surface area contributed by atoms with Crippen molar-refractivity contribution in [3.8, 4) is 0 Å². The highest BCUT2D eigenvalue weighted by Crippen LogP contribution is 2.13. The van der Waals surface area contributed by atoms with Crippen molar-refractivity contribution >= 4 is 0 Å². The average molecular weight is 192 g/mol. The van der Waals surface area contributed by atoms with Crippen LogP contribution in [0, 0.1) is 5.92 Å². The molecule has 0 radical (unpaired) electrons. The molecule has 80 valence electrons. The summed E-state index contributed by atoms with van der Waals surface area (Å²) < 4.78 is 0. The molecule has 0 bridgehead atoms. The summed E-state index contributed by atoms with van der Waals surface area (Å²) in [4.78, 5) is 0. The summed E-state index contributed by atoms with van der Waals surface area (Å²) in [5.74, 6) is 0.652. The lowest BCUT2D eigenvalue weighted by atomic mass is 9.99. The standard InChI is InChI=1S/C14H24/c1-4-7-9-11-13-14(6-3)12-10-8-5-2/h6-10,14H,3-5,11-13H2,1-2H3/b9-7-,10-8-. The number of allylic oxidation sites excluding steroid dienone is 5. The zero-order valence-corrected chi connectivity index (χ0v) is 9.71. The summed E-state index contributed by atoms with van der Waals surface area (Å²) >= 11 is 0. The molecule has 0 amide bonds. The molecule has 0 N–H and O–H groups in total. The highest BCUT2D eigenvalue weighted by Gasteiger charge is 1.99. The van der Waals surface area contributed by atoms with E-state index >= 15 is 0 Å². The Labute approximate surface area is 89.4 Å². The van der Waals surface area contributed by atoms with Crippen LogP contribution >= 0.6 is 0 Å². The van der Waals surface area contributed by atoms with Crippen LogP contribution in [0.1, 0.15) is 46.0 Å². The molecule has 0 rings (SSSR count). The molecule has 0 saturated carbocycles. The quantitative estimate of drug-likeness (QED) is 0.480. The Morgan fingerprint density at radius 2 is 1.64 bits per heavy atom. The second kappa shape index (κ2) is 10.3. The molecule has 0 aliphatic rings. The molecule has 0 aliphatic carbocycles. The number of rotatable bonds is 8. The Bertz CT molecular complexity index is 174. The average Bonchev–Trinajstić information content (AvgIpc) is 2.22. The lowest BCUT2D eigenvalue weighted by Crippen LogP contribution is -1.93. The highest BCUT2D eigenvalue weighted by molar-refractivity contribution is 4.91. The van der Waals surface area contributed by atoms with Gasteiger partial charge in [0.2, 0.25) is 0 Å². The normalized spacial score (nSPS) is 13.9. The van der Waals surface area contributed by atoms with E-state index in [-0.39, 0.29) is 0 Å². The van der Waals surface area contributed by atoms with E-state index in [1.165, 1.54) is 12.8 Å². The molecule has 0 fully saturated rings. The number of hydrogen-bond donors (Lipinski definition) is 0. The molecule has 1 unspecified atom stereocenters. The van der Waals surface area contributed by atoms with Crippen LogP contribution in [-0.2, 0) is 0 Å². The Morgan fingerprint density at radius 1 is 1.00 bits per heavy atom. The monoisotopic (exact) mass is 192 g/mol. The second-order valence-corrected chi connectivity index (χ2v) is 3.57.